The van der Waals surface area contributed by atoms with E-state index in [9.17, 15) is 13.2 Å². The van der Waals surface area contributed by atoms with E-state index in [0.717, 1.165) is 11.8 Å². The molecule has 0 radical (unpaired) electrons. The first-order valence-corrected chi connectivity index (χ1v) is 8.42. The number of carbonyl (C=O) groups is 1. The number of sulfone groups is 1. The molecule has 1 unspecified atom stereocenters. The minimum Gasteiger partial charge on any atom is -0.298 e. The van der Waals surface area contributed by atoms with E-state index < -0.39 is 15.4 Å². The summed E-state index contributed by atoms with van der Waals surface area (Å²) in [7, 11) is -3.04. The van der Waals surface area contributed by atoms with Gasteiger partial charge in [-0.25, -0.2) is 8.42 Å². The van der Waals surface area contributed by atoms with Crippen LogP contribution in [-0.4, -0.2) is 41.0 Å². The summed E-state index contributed by atoms with van der Waals surface area (Å²) < 4.78 is 25.1. The van der Waals surface area contributed by atoms with Crippen molar-refractivity contribution in [1.82, 2.24) is 14.8 Å². The monoisotopic (exact) mass is 305 g/mol. The van der Waals surface area contributed by atoms with Gasteiger partial charge in [-0.3, -0.25) is 14.5 Å². The maximum atomic E-state index is 11.7. The largest absolute Gasteiger partial charge is 0.298 e. The molecule has 1 saturated heterocycles. The second-order valence-electron chi connectivity index (χ2n) is 5.57. The van der Waals surface area contributed by atoms with Crippen LogP contribution in [0, 0.1) is 0 Å². The Hall–Kier alpha value is -2.02. The van der Waals surface area contributed by atoms with Crippen LogP contribution in [0.1, 0.15) is 23.7 Å². The first-order valence-electron chi connectivity index (χ1n) is 6.60. The second kappa shape index (κ2) is 4.77. The standard InChI is InChI=1S/C14H15N3O3S/c1-14(4-7-21(19,20)10-14)17-8-12(9-18)13(16-17)11-2-5-15-6-3-11/h2-3,5-6,8-9H,4,7,10H2,1H3. The van der Waals surface area contributed by atoms with Crippen molar-refractivity contribution < 1.29 is 13.2 Å². The summed E-state index contributed by atoms with van der Waals surface area (Å²) in [5.74, 6) is 0.208. The molecule has 1 aliphatic rings. The van der Waals surface area contributed by atoms with Gasteiger partial charge in [-0.05, 0) is 25.5 Å². The normalized spacial score (nSPS) is 24.0. The van der Waals surface area contributed by atoms with Crippen molar-refractivity contribution in [2.75, 3.05) is 11.5 Å². The van der Waals surface area contributed by atoms with E-state index in [1.54, 1.807) is 35.4 Å². The molecule has 1 atom stereocenters. The fourth-order valence-corrected chi connectivity index (χ4v) is 4.78. The predicted octanol–water partition coefficient (Wildman–Crippen LogP) is 1.29. The molecule has 0 bridgehead atoms. The van der Waals surface area contributed by atoms with E-state index >= 15 is 0 Å². The van der Waals surface area contributed by atoms with Crippen molar-refractivity contribution >= 4 is 16.1 Å². The molecule has 21 heavy (non-hydrogen) atoms. The lowest BCUT2D eigenvalue weighted by atomic mass is 10.0. The van der Waals surface area contributed by atoms with Crippen molar-refractivity contribution in [2.45, 2.75) is 18.9 Å². The third kappa shape index (κ3) is 2.49. The van der Waals surface area contributed by atoms with Gasteiger partial charge in [0.15, 0.2) is 16.1 Å². The average Bonchev–Trinajstić information content (AvgIpc) is 3.02. The fraction of sp³-hybridized carbons (Fsp3) is 0.357. The molecule has 3 heterocycles. The van der Waals surface area contributed by atoms with Gasteiger partial charge < -0.3 is 0 Å². The number of hydrogen-bond donors (Lipinski definition) is 0. The molecular weight excluding hydrogens is 290 g/mol. The zero-order valence-corrected chi connectivity index (χ0v) is 12.4. The lowest BCUT2D eigenvalue weighted by molar-refractivity contribution is 0.112. The van der Waals surface area contributed by atoms with E-state index in [-0.39, 0.29) is 11.5 Å². The van der Waals surface area contributed by atoms with Crippen LogP contribution in [0.5, 0.6) is 0 Å². The summed E-state index contributed by atoms with van der Waals surface area (Å²) in [5.41, 5.74) is 1.20. The number of hydrogen-bond acceptors (Lipinski definition) is 5. The molecular formula is C14H15N3O3S. The highest BCUT2D eigenvalue weighted by atomic mass is 32.2. The fourth-order valence-electron chi connectivity index (χ4n) is 2.66. The summed E-state index contributed by atoms with van der Waals surface area (Å²) in [6.07, 6.45) is 6.14. The molecule has 0 amide bonds. The zero-order valence-electron chi connectivity index (χ0n) is 11.6. The smallest absolute Gasteiger partial charge is 0.153 e. The average molecular weight is 305 g/mol. The molecule has 1 aliphatic heterocycles. The molecule has 0 aromatic carbocycles. The van der Waals surface area contributed by atoms with E-state index in [2.05, 4.69) is 10.1 Å². The molecule has 7 heteroatoms. The van der Waals surface area contributed by atoms with Gasteiger partial charge in [-0.15, -0.1) is 0 Å². The van der Waals surface area contributed by atoms with Gasteiger partial charge >= 0.3 is 0 Å². The van der Waals surface area contributed by atoms with Gasteiger partial charge in [0.05, 0.1) is 22.6 Å². The van der Waals surface area contributed by atoms with Gasteiger partial charge in [-0.2, -0.15) is 5.10 Å². The molecule has 0 saturated carbocycles. The zero-order chi connectivity index (χ0) is 15.1. The van der Waals surface area contributed by atoms with E-state index in [1.807, 2.05) is 6.92 Å². The SMILES string of the molecule is CC1(n2cc(C=O)c(-c3ccncc3)n2)CCS(=O)(=O)C1. The number of nitrogens with zero attached hydrogens (tertiary/aromatic N) is 3. The van der Waals surface area contributed by atoms with Crippen LogP contribution in [0.2, 0.25) is 0 Å². The van der Waals surface area contributed by atoms with Gasteiger partial charge in [-0.1, -0.05) is 0 Å². The van der Waals surface area contributed by atoms with Gasteiger partial charge in [0, 0.05) is 24.2 Å². The first-order chi connectivity index (χ1) is 9.93. The van der Waals surface area contributed by atoms with Crippen LogP contribution < -0.4 is 0 Å². The van der Waals surface area contributed by atoms with E-state index in [0.29, 0.717) is 17.7 Å². The molecule has 3 rings (SSSR count). The third-order valence-electron chi connectivity index (χ3n) is 3.86. The topological polar surface area (TPSA) is 81.9 Å². The molecule has 110 valence electrons. The summed E-state index contributed by atoms with van der Waals surface area (Å²) in [4.78, 5) is 15.2. The lowest BCUT2D eigenvalue weighted by Crippen LogP contribution is -2.31. The van der Waals surface area contributed by atoms with Crippen LogP contribution in [0.25, 0.3) is 11.3 Å². The molecule has 1 fully saturated rings. The van der Waals surface area contributed by atoms with Gasteiger partial charge in [0.1, 0.15) is 5.69 Å². The van der Waals surface area contributed by atoms with Crippen LogP contribution in [-0.2, 0) is 15.4 Å². The van der Waals surface area contributed by atoms with E-state index in [4.69, 9.17) is 0 Å². The molecule has 0 N–H and O–H groups in total. The second-order valence-corrected chi connectivity index (χ2v) is 7.75. The Morgan fingerprint density at radius 1 is 1.33 bits per heavy atom. The minimum absolute atomic E-state index is 0.0514. The summed E-state index contributed by atoms with van der Waals surface area (Å²) >= 11 is 0. The Labute approximate surface area is 122 Å². The number of aldehydes is 1. The molecule has 6 nitrogen and oxygen atoms in total. The Bertz CT molecular complexity index is 783. The summed E-state index contributed by atoms with van der Waals surface area (Å²) in [6.45, 7) is 1.86. The highest BCUT2D eigenvalue weighted by molar-refractivity contribution is 7.91. The molecule has 0 spiro atoms. The van der Waals surface area contributed by atoms with Crippen molar-refractivity contribution in [1.29, 1.82) is 0 Å². The highest BCUT2D eigenvalue weighted by Gasteiger charge is 2.41. The number of pyridine rings is 1. The van der Waals surface area contributed by atoms with Crippen LogP contribution in [0.4, 0.5) is 0 Å². The molecule has 2 aromatic rings. The number of aromatic nitrogens is 3. The van der Waals surface area contributed by atoms with Gasteiger partial charge in [0.25, 0.3) is 0 Å². The van der Waals surface area contributed by atoms with Crippen molar-refractivity contribution in [3.05, 3.63) is 36.3 Å². The number of carbonyl (C=O) groups excluding carboxylic acids is 1. The predicted molar refractivity (Wildman–Crippen MR) is 77.8 cm³/mol. The Kier molecular flexibility index (Phi) is 3.16. The summed E-state index contributed by atoms with van der Waals surface area (Å²) in [5, 5.41) is 4.46. The maximum absolute atomic E-state index is 11.7. The van der Waals surface area contributed by atoms with Gasteiger partial charge in [0.2, 0.25) is 0 Å². The summed E-state index contributed by atoms with van der Waals surface area (Å²) in [6, 6.07) is 3.54. The van der Waals surface area contributed by atoms with Crippen molar-refractivity contribution in [3.8, 4) is 11.3 Å². The van der Waals surface area contributed by atoms with Crippen molar-refractivity contribution in [3.63, 3.8) is 0 Å². The quantitative estimate of drug-likeness (QED) is 0.798. The van der Waals surface area contributed by atoms with Crippen molar-refractivity contribution in [2.24, 2.45) is 0 Å². The van der Waals surface area contributed by atoms with E-state index in [1.165, 1.54) is 0 Å². The van der Waals surface area contributed by atoms with Crippen LogP contribution >= 0.6 is 0 Å². The first kappa shape index (κ1) is 13.9. The Morgan fingerprint density at radius 3 is 2.62 bits per heavy atom. The third-order valence-corrected chi connectivity index (χ3v) is 5.75. The lowest BCUT2D eigenvalue weighted by Gasteiger charge is -2.22. The van der Waals surface area contributed by atoms with Crippen LogP contribution in [0.3, 0.4) is 0 Å². The maximum Gasteiger partial charge on any atom is 0.153 e. The Morgan fingerprint density at radius 2 is 2.05 bits per heavy atom. The minimum atomic E-state index is -3.04. The Balaban J connectivity index is 2.07. The van der Waals surface area contributed by atoms with Crippen LogP contribution in [0.15, 0.2) is 30.7 Å². The number of rotatable bonds is 3. The molecule has 0 aliphatic carbocycles. The molecule has 2 aromatic heterocycles. The highest BCUT2D eigenvalue weighted by Crippen LogP contribution is 2.32.